The number of benzene rings is 2. The van der Waals surface area contributed by atoms with Crippen LogP contribution in [0.3, 0.4) is 0 Å². The average Bonchev–Trinajstić information content (AvgIpc) is 3.55. The average molecular weight is 543 g/mol. The van der Waals surface area contributed by atoms with E-state index in [1.807, 2.05) is 47.8 Å². The molecule has 1 N–H and O–H groups in total. The van der Waals surface area contributed by atoms with Crippen molar-refractivity contribution in [2.24, 2.45) is 0 Å². The summed E-state index contributed by atoms with van der Waals surface area (Å²) in [6.45, 7) is 1.42. The summed E-state index contributed by atoms with van der Waals surface area (Å²) in [5.74, 6) is -2.46. The summed E-state index contributed by atoms with van der Waals surface area (Å²) in [5.41, 5.74) is 4.97. The van der Waals surface area contributed by atoms with Crippen LogP contribution in [0.5, 0.6) is 0 Å². The molecule has 1 fully saturated rings. The van der Waals surface area contributed by atoms with Crippen LogP contribution < -0.4 is 14.4 Å². The van der Waals surface area contributed by atoms with Gasteiger partial charge in [-0.25, -0.2) is 9.37 Å². The third-order valence-corrected chi connectivity index (χ3v) is 6.52. The summed E-state index contributed by atoms with van der Waals surface area (Å²) < 4.78 is 46.9. The van der Waals surface area contributed by atoms with Gasteiger partial charge in [0.25, 0.3) is 0 Å². The van der Waals surface area contributed by atoms with Crippen molar-refractivity contribution in [1.82, 2.24) is 9.88 Å². The molecular formula is C28H26F4N4O3. The number of aromatic amines is 1. The van der Waals surface area contributed by atoms with Crippen molar-refractivity contribution in [1.29, 1.82) is 0 Å². The molecule has 7 nitrogen and oxygen atoms in total. The number of carboxylic acid groups (broad SMARTS) is 1. The molecule has 204 valence electrons. The lowest BCUT2D eigenvalue weighted by Crippen LogP contribution is -2.37. The quantitative estimate of drug-likeness (QED) is 0.316. The molecule has 1 aliphatic heterocycles. The van der Waals surface area contributed by atoms with Crippen molar-refractivity contribution in [2.45, 2.75) is 18.5 Å². The van der Waals surface area contributed by atoms with Crippen LogP contribution in [0.4, 0.5) is 23.2 Å². The molecule has 0 bridgehead atoms. The first-order valence-electron chi connectivity index (χ1n) is 12.1. The van der Waals surface area contributed by atoms with E-state index in [9.17, 15) is 22.4 Å². The molecule has 0 saturated carbocycles. The van der Waals surface area contributed by atoms with Crippen molar-refractivity contribution in [3.05, 3.63) is 90.1 Å². The topological polar surface area (TPSA) is 83.6 Å². The van der Waals surface area contributed by atoms with E-state index in [2.05, 4.69) is 34.1 Å². The Morgan fingerprint density at radius 3 is 2.26 bits per heavy atom. The van der Waals surface area contributed by atoms with Crippen LogP contribution in [0, 0.1) is 5.82 Å². The molecule has 2 aromatic heterocycles. The van der Waals surface area contributed by atoms with E-state index in [0.29, 0.717) is 18.3 Å². The maximum absolute atomic E-state index is 13.5. The second-order valence-corrected chi connectivity index (χ2v) is 9.32. The normalized spacial score (nSPS) is 15.1. The molecule has 1 atom stereocenters. The van der Waals surface area contributed by atoms with E-state index >= 15 is 0 Å². The first-order chi connectivity index (χ1) is 18.5. The first kappa shape index (κ1) is 27.6. The molecule has 0 spiro atoms. The van der Waals surface area contributed by atoms with Gasteiger partial charge in [0, 0.05) is 44.4 Å². The Kier molecular flexibility index (Phi) is 7.89. The van der Waals surface area contributed by atoms with Gasteiger partial charge in [-0.15, -0.1) is 0 Å². The SMILES string of the molecule is CN(C)c1ccc(C2CCN(C(=O)c3[nH]c(-c4ccc(F)cc4)c4cccc[n+]34)C2)cc1.O=C([O-])C(F)(F)F. The van der Waals surface area contributed by atoms with E-state index < -0.39 is 12.1 Å². The molecule has 1 aliphatic rings. The second kappa shape index (κ2) is 11.1. The number of carbonyl (C=O) groups is 2. The van der Waals surface area contributed by atoms with Crippen molar-refractivity contribution in [2.75, 3.05) is 32.1 Å². The number of pyridine rings is 1. The Hall–Kier alpha value is -4.41. The number of hydrogen-bond acceptors (Lipinski definition) is 4. The predicted molar refractivity (Wildman–Crippen MR) is 134 cm³/mol. The molecule has 0 aliphatic carbocycles. The molecule has 4 aromatic rings. The zero-order chi connectivity index (χ0) is 28.3. The van der Waals surface area contributed by atoms with E-state index in [-0.39, 0.29) is 11.7 Å². The number of hydrogen-bond donors (Lipinski definition) is 1. The number of alkyl halides is 3. The highest BCUT2D eigenvalue weighted by molar-refractivity contribution is 5.91. The summed E-state index contributed by atoms with van der Waals surface area (Å²) in [4.78, 5) is 29.6. The van der Waals surface area contributed by atoms with Crippen LogP contribution in [0.25, 0.3) is 16.8 Å². The minimum Gasteiger partial charge on any atom is -0.542 e. The number of carboxylic acids is 1. The molecule has 1 saturated heterocycles. The van der Waals surface area contributed by atoms with Gasteiger partial charge >= 0.3 is 17.9 Å². The lowest BCUT2D eigenvalue weighted by Gasteiger charge is -2.16. The third kappa shape index (κ3) is 6.19. The number of anilines is 1. The Morgan fingerprint density at radius 2 is 1.67 bits per heavy atom. The predicted octanol–water partition coefficient (Wildman–Crippen LogP) is 3.55. The van der Waals surface area contributed by atoms with Gasteiger partial charge in [0.1, 0.15) is 11.8 Å². The van der Waals surface area contributed by atoms with Crippen LogP contribution in [-0.4, -0.2) is 55.1 Å². The molecule has 11 heteroatoms. The van der Waals surface area contributed by atoms with E-state index in [1.54, 1.807) is 12.1 Å². The van der Waals surface area contributed by atoms with Crippen LogP contribution in [0.1, 0.15) is 28.5 Å². The summed E-state index contributed by atoms with van der Waals surface area (Å²) in [6, 6.07) is 20.7. The molecule has 0 radical (unpaired) electrons. The van der Waals surface area contributed by atoms with E-state index in [0.717, 1.165) is 29.7 Å². The number of nitrogens with one attached hydrogen (secondary N) is 1. The van der Waals surface area contributed by atoms with Crippen molar-refractivity contribution < 1.29 is 36.7 Å². The number of nitrogens with zero attached hydrogens (tertiary/aromatic N) is 3. The zero-order valence-corrected chi connectivity index (χ0v) is 21.2. The van der Waals surface area contributed by atoms with Gasteiger partial charge in [-0.2, -0.15) is 17.6 Å². The Morgan fingerprint density at radius 1 is 1.03 bits per heavy atom. The Labute approximate surface area is 221 Å². The second-order valence-electron chi connectivity index (χ2n) is 9.32. The Bertz CT molecular complexity index is 1470. The van der Waals surface area contributed by atoms with E-state index in [4.69, 9.17) is 9.90 Å². The molecule has 1 unspecified atom stereocenters. The van der Waals surface area contributed by atoms with Gasteiger partial charge in [-0.3, -0.25) is 4.79 Å². The standard InChI is InChI=1S/C26H25FN4O.C2HF3O2/c1-29(2)22-12-8-18(9-13-22)20-14-16-30(17-20)26(32)25-28-24(19-6-10-21(27)11-7-19)23-5-3-4-15-31(23)25;3-2(4,5)1(6)7/h3-13,15,20H,14,16-17H2,1-2H3;(H,6,7). The van der Waals surface area contributed by atoms with Crippen LogP contribution in [0.15, 0.2) is 72.9 Å². The van der Waals surface area contributed by atoms with Crippen molar-refractivity contribution in [3.63, 3.8) is 0 Å². The summed E-state index contributed by atoms with van der Waals surface area (Å²) >= 11 is 0. The highest BCUT2D eigenvalue weighted by Crippen LogP contribution is 2.30. The van der Waals surface area contributed by atoms with Gasteiger partial charge in [0.05, 0.1) is 6.20 Å². The Balaban J connectivity index is 0.000000448. The fourth-order valence-corrected chi connectivity index (χ4v) is 4.49. The van der Waals surface area contributed by atoms with Gasteiger partial charge in [0.15, 0.2) is 11.2 Å². The minimum atomic E-state index is -5.19. The number of rotatable bonds is 4. The number of likely N-dealkylation sites (tertiary alicyclic amines) is 1. The van der Waals surface area contributed by atoms with Gasteiger partial charge in [-0.1, -0.05) is 18.2 Å². The number of aromatic nitrogens is 2. The number of H-pyrrole nitrogens is 1. The summed E-state index contributed by atoms with van der Waals surface area (Å²) in [7, 11) is 4.06. The van der Waals surface area contributed by atoms with Crippen LogP contribution in [-0.2, 0) is 4.79 Å². The van der Waals surface area contributed by atoms with Crippen molar-refractivity contribution in [3.8, 4) is 11.3 Å². The summed E-state index contributed by atoms with van der Waals surface area (Å²) in [5, 5.41) is 8.78. The lowest BCUT2D eigenvalue weighted by atomic mass is 9.98. The molecule has 39 heavy (non-hydrogen) atoms. The number of carbonyl (C=O) groups excluding carboxylic acids is 2. The van der Waals surface area contributed by atoms with Crippen LogP contribution in [0.2, 0.25) is 0 Å². The minimum absolute atomic E-state index is 0.0213. The molecular weight excluding hydrogens is 516 g/mol. The fourth-order valence-electron chi connectivity index (χ4n) is 4.49. The number of halogens is 4. The molecule has 3 heterocycles. The maximum atomic E-state index is 13.5. The highest BCUT2D eigenvalue weighted by atomic mass is 19.4. The summed E-state index contributed by atoms with van der Waals surface area (Å²) in [6.07, 6.45) is -2.36. The number of amides is 1. The number of imidazole rings is 1. The molecule has 5 rings (SSSR count). The van der Waals surface area contributed by atoms with Crippen molar-refractivity contribution >= 4 is 23.1 Å². The first-order valence-corrected chi connectivity index (χ1v) is 12.1. The maximum Gasteiger partial charge on any atom is 0.430 e. The largest absolute Gasteiger partial charge is 0.542 e. The van der Waals surface area contributed by atoms with Gasteiger partial charge < -0.3 is 19.7 Å². The smallest absolute Gasteiger partial charge is 0.430 e. The van der Waals surface area contributed by atoms with Gasteiger partial charge in [-0.05, 0) is 60.5 Å². The lowest BCUT2D eigenvalue weighted by molar-refractivity contribution is -0.514. The molecule has 2 aromatic carbocycles. The monoisotopic (exact) mass is 542 g/mol. The highest BCUT2D eigenvalue weighted by Gasteiger charge is 2.34. The zero-order valence-electron chi connectivity index (χ0n) is 21.2. The van der Waals surface area contributed by atoms with E-state index in [1.165, 1.54) is 23.4 Å². The molecule has 1 amide bonds. The number of aliphatic carboxylic acids is 1. The number of fused-ring (bicyclic) bond motifs is 1. The fraction of sp³-hybridized carbons (Fsp3) is 0.250. The van der Waals surface area contributed by atoms with Gasteiger partial charge in [0.2, 0.25) is 0 Å². The van der Waals surface area contributed by atoms with Crippen LogP contribution >= 0.6 is 0 Å². The third-order valence-electron chi connectivity index (χ3n) is 6.52.